The highest BCUT2D eigenvalue weighted by Crippen LogP contribution is 2.00. The molecule has 0 saturated carbocycles. The van der Waals surface area contributed by atoms with Crippen molar-refractivity contribution in [3.63, 3.8) is 0 Å². The molecule has 0 rings (SSSR count). The van der Waals surface area contributed by atoms with E-state index in [2.05, 4.69) is 6.92 Å². The summed E-state index contributed by atoms with van der Waals surface area (Å²) in [5, 5.41) is 58.2. The Hall–Kier alpha value is -0.280. The van der Waals surface area contributed by atoms with Gasteiger partial charge in [-0.05, 0) is 44.9 Å². The van der Waals surface area contributed by atoms with Crippen LogP contribution in [0.25, 0.3) is 0 Å². The summed E-state index contributed by atoms with van der Waals surface area (Å²) in [5.41, 5.74) is 0. The molecule has 7 heteroatoms. The van der Waals surface area contributed by atoms with Crippen LogP contribution in [0.4, 0.5) is 0 Å². The zero-order valence-electron chi connectivity index (χ0n) is 21.1. The Morgan fingerprint density at radius 3 is 0.531 bits per heavy atom. The van der Waals surface area contributed by atoms with Crippen LogP contribution in [0.15, 0.2) is 0 Å². The molecule has 0 amide bonds. The van der Waals surface area contributed by atoms with Gasteiger partial charge in [0.25, 0.3) is 0 Å². The fraction of sp³-hybridized carbons (Fsp3) is 1.00. The topological polar surface area (TPSA) is 142 Å². The first kappa shape index (κ1) is 39.0. The molecule has 0 aliphatic rings. The van der Waals surface area contributed by atoms with Crippen molar-refractivity contribution in [1.29, 1.82) is 0 Å². The molecule has 0 spiro atoms. The summed E-state index contributed by atoms with van der Waals surface area (Å²) in [5.74, 6) is 0. The molecule has 0 aromatic carbocycles. The van der Waals surface area contributed by atoms with E-state index in [9.17, 15) is 0 Å². The van der Waals surface area contributed by atoms with E-state index < -0.39 is 0 Å². The van der Waals surface area contributed by atoms with Crippen LogP contribution in [0.3, 0.4) is 0 Å². The van der Waals surface area contributed by atoms with E-state index in [1.807, 2.05) is 0 Å². The lowest BCUT2D eigenvalue weighted by molar-refractivity contribution is 0.265. The second-order valence-electron chi connectivity index (χ2n) is 7.72. The van der Waals surface area contributed by atoms with E-state index in [1.165, 1.54) is 25.7 Å². The summed E-state index contributed by atoms with van der Waals surface area (Å²) in [6.07, 6.45) is 17.6. The molecule has 0 unspecified atom stereocenters. The van der Waals surface area contributed by atoms with Crippen molar-refractivity contribution < 1.29 is 35.7 Å². The molecular formula is C25H58O7. The Bertz CT molecular complexity index is 172. The Morgan fingerprint density at radius 1 is 0.250 bits per heavy atom. The summed E-state index contributed by atoms with van der Waals surface area (Å²) in [7, 11) is 0. The summed E-state index contributed by atoms with van der Waals surface area (Å²) < 4.78 is 0. The molecule has 7 N–H and O–H groups in total. The number of rotatable bonds is 20. The lowest BCUT2D eigenvalue weighted by Gasteiger charge is -1.93. The first-order valence-corrected chi connectivity index (χ1v) is 12.9. The van der Waals surface area contributed by atoms with Gasteiger partial charge >= 0.3 is 0 Å². The third-order valence-electron chi connectivity index (χ3n) is 4.46. The summed E-state index contributed by atoms with van der Waals surface area (Å²) in [6.45, 7) is 4.26. The quantitative estimate of drug-likeness (QED) is 0.135. The van der Waals surface area contributed by atoms with Crippen LogP contribution in [0.5, 0.6) is 0 Å². The Labute approximate surface area is 198 Å². The minimum Gasteiger partial charge on any atom is -0.396 e. The Morgan fingerprint density at radius 2 is 0.406 bits per heavy atom. The number of aliphatic hydroxyl groups is 7. The van der Waals surface area contributed by atoms with Crippen LogP contribution in [0.2, 0.25) is 0 Å². The van der Waals surface area contributed by atoms with Gasteiger partial charge in [-0.25, -0.2) is 0 Å². The molecule has 200 valence electrons. The standard InChI is InChI=1S/C7H16O.3C6H14O2/c1-2-3-4-5-6-7-8;3*7-5-3-1-2-4-6-8/h8H,2-7H2,1H3;3*7-8H,1-6H2. The zero-order valence-corrected chi connectivity index (χ0v) is 21.1. The van der Waals surface area contributed by atoms with E-state index in [4.69, 9.17) is 35.7 Å². The maximum Gasteiger partial charge on any atom is 0.0431 e. The molecule has 0 radical (unpaired) electrons. The van der Waals surface area contributed by atoms with Crippen LogP contribution in [0, 0.1) is 0 Å². The van der Waals surface area contributed by atoms with Gasteiger partial charge in [-0.1, -0.05) is 71.1 Å². The summed E-state index contributed by atoms with van der Waals surface area (Å²) in [6, 6.07) is 0. The number of unbranched alkanes of at least 4 members (excludes halogenated alkanes) is 13. The van der Waals surface area contributed by atoms with Crippen molar-refractivity contribution in [3.8, 4) is 0 Å². The van der Waals surface area contributed by atoms with Gasteiger partial charge < -0.3 is 35.7 Å². The van der Waals surface area contributed by atoms with Gasteiger partial charge in [0.15, 0.2) is 0 Å². The first-order chi connectivity index (χ1) is 15.7. The molecule has 7 nitrogen and oxygen atoms in total. The van der Waals surface area contributed by atoms with Crippen molar-refractivity contribution in [2.75, 3.05) is 46.2 Å². The molecule has 0 heterocycles. The monoisotopic (exact) mass is 470 g/mol. The van der Waals surface area contributed by atoms with Gasteiger partial charge in [0.2, 0.25) is 0 Å². The predicted molar refractivity (Wildman–Crippen MR) is 134 cm³/mol. The minimum absolute atomic E-state index is 0.283. The lowest BCUT2D eigenvalue weighted by Crippen LogP contribution is -1.85. The van der Waals surface area contributed by atoms with E-state index in [0.29, 0.717) is 6.61 Å². The molecular weight excluding hydrogens is 412 g/mol. The molecule has 0 atom stereocenters. The van der Waals surface area contributed by atoms with E-state index in [1.54, 1.807) is 0 Å². The van der Waals surface area contributed by atoms with E-state index >= 15 is 0 Å². The van der Waals surface area contributed by atoms with Crippen LogP contribution < -0.4 is 0 Å². The highest BCUT2D eigenvalue weighted by atomic mass is 16.3. The predicted octanol–water partition coefficient (Wildman–Crippen LogP) is 3.54. The van der Waals surface area contributed by atoms with E-state index in [0.717, 1.165) is 83.5 Å². The molecule has 0 aliphatic heterocycles. The van der Waals surface area contributed by atoms with Crippen molar-refractivity contribution in [3.05, 3.63) is 0 Å². The van der Waals surface area contributed by atoms with Gasteiger partial charge in [0.1, 0.15) is 0 Å². The minimum atomic E-state index is 0.283. The van der Waals surface area contributed by atoms with Crippen molar-refractivity contribution in [2.45, 2.75) is 116 Å². The first-order valence-electron chi connectivity index (χ1n) is 12.9. The SMILES string of the molecule is CCCCCCCO.OCCCCCCO.OCCCCCCO.OCCCCCCO. The van der Waals surface area contributed by atoms with Gasteiger partial charge in [-0.15, -0.1) is 0 Å². The summed E-state index contributed by atoms with van der Waals surface area (Å²) >= 11 is 0. The molecule has 0 aromatic rings. The summed E-state index contributed by atoms with van der Waals surface area (Å²) in [4.78, 5) is 0. The molecule has 0 saturated heterocycles. The maximum absolute atomic E-state index is 8.37. The van der Waals surface area contributed by atoms with Gasteiger partial charge in [-0.2, -0.15) is 0 Å². The van der Waals surface area contributed by atoms with Crippen LogP contribution in [-0.4, -0.2) is 82.0 Å². The van der Waals surface area contributed by atoms with Crippen LogP contribution in [0.1, 0.15) is 116 Å². The average Bonchev–Trinajstić information content (AvgIpc) is 2.82. The van der Waals surface area contributed by atoms with Gasteiger partial charge in [0.05, 0.1) is 0 Å². The number of hydrogen-bond donors (Lipinski definition) is 7. The molecule has 0 aromatic heterocycles. The second kappa shape index (κ2) is 48.2. The Balaban J connectivity index is -0.000000163. The molecule has 0 bridgehead atoms. The lowest BCUT2D eigenvalue weighted by atomic mass is 10.2. The van der Waals surface area contributed by atoms with Crippen LogP contribution in [-0.2, 0) is 0 Å². The van der Waals surface area contributed by atoms with Crippen molar-refractivity contribution in [2.24, 2.45) is 0 Å². The molecule has 0 aliphatic carbocycles. The number of aliphatic hydroxyl groups excluding tert-OH is 7. The third kappa shape index (κ3) is 63.0. The highest BCUT2D eigenvalue weighted by molar-refractivity contribution is 4.41. The number of hydrogen-bond acceptors (Lipinski definition) is 7. The fourth-order valence-corrected chi connectivity index (χ4v) is 2.45. The normalized spacial score (nSPS) is 9.75. The molecule has 0 fully saturated rings. The zero-order chi connectivity index (χ0) is 25.0. The smallest absolute Gasteiger partial charge is 0.0431 e. The highest BCUT2D eigenvalue weighted by Gasteiger charge is 1.86. The Kier molecular flexibility index (Phi) is 58.7. The third-order valence-corrected chi connectivity index (χ3v) is 4.46. The van der Waals surface area contributed by atoms with Crippen molar-refractivity contribution in [1.82, 2.24) is 0 Å². The fourth-order valence-electron chi connectivity index (χ4n) is 2.45. The van der Waals surface area contributed by atoms with Crippen molar-refractivity contribution >= 4 is 0 Å². The van der Waals surface area contributed by atoms with Crippen LogP contribution >= 0.6 is 0 Å². The van der Waals surface area contributed by atoms with E-state index in [-0.39, 0.29) is 39.6 Å². The van der Waals surface area contributed by atoms with Gasteiger partial charge in [0, 0.05) is 46.2 Å². The average molecular weight is 471 g/mol. The largest absolute Gasteiger partial charge is 0.396 e. The van der Waals surface area contributed by atoms with Gasteiger partial charge in [-0.3, -0.25) is 0 Å². The maximum atomic E-state index is 8.37. The molecule has 32 heavy (non-hydrogen) atoms. The second-order valence-corrected chi connectivity index (χ2v) is 7.72.